The molecule has 0 heterocycles. The van der Waals surface area contributed by atoms with E-state index in [2.05, 4.69) is 0 Å². The summed E-state index contributed by atoms with van der Waals surface area (Å²) in [6.45, 7) is 0. The molecule has 0 aromatic rings. The minimum atomic E-state index is 0. The molecule has 2 saturated carbocycles. The second-order valence-corrected chi connectivity index (χ2v) is 1.92. The summed E-state index contributed by atoms with van der Waals surface area (Å²) in [6, 6.07) is 0. The molecule has 0 N–H and O–H groups in total. The van der Waals surface area contributed by atoms with Gasteiger partial charge in [-0.2, -0.15) is 0 Å². The van der Waals surface area contributed by atoms with Gasteiger partial charge < -0.3 is 24.8 Å². The van der Waals surface area contributed by atoms with Crippen molar-refractivity contribution < 1.29 is 43.4 Å². The zero-order valence-corrected chi connectivity index (χ0v) is 9.89. The minimum absolute atomic E-state index is 0. The fourth-order valence-electron chi connectivity index (χ4n) is 0.642. The van der Waals surface area contributed by atoms with E-state index in [-0.39, 0.29) is 43.4 Å². The zero-order chi connectivity index (χ0) is 7.07. The van der Waals surface area contributed by atoms with E-state index in [0.29, 0.717) is 0 Å². The average Bonchev–Trinajstić information content (AvgIpc) is 2.67. The maximum atomic E-state index is 2.00. The van der Waals surface area contributed by atoms with Gasteiger partial charge in [-0.1, -0.05) is 0 Å². The molecule has 0 aliphatic heterocycles. The second-order valence-electron chi connectivity index (χ2n) is 1.92. The van der Waals surface area contributed by atoms with Crippen LogP contribution in [0.1, 0.15) is 0 Å². The van der Waals surface area contributed by atoms with Gasteiger partial charge in [-0.15, -0.1) is 0 Å². The maximum absolute atomic E-state index is 2.00. The van der Waals surface area contributed by atoms with Gasteiger partial charge in [-0.05, 0) is 64.2 Å². The predicted molar refractivity (Wildman–Crippen MR) is 43.0 cm³/mol. The van der Waals surface area contributed by atoms with Crippen LogP contribution in [0, 0.1) is 64.2 Å². The molecule has 0 saturated heterocycles. The van der Waals surface area contributed by atoms with Gasteiger partial charge in [0.05, 0.1) is 0 Å². The summed E-state index contributed by atoms with van der Waals surface area (Å²) in [5.41, 5.74) is 0. The van der Waals surface area contributed by atoms with Crippen LogP contribution in [0.3, 0.4) is 0 Å². The largest absolute Gasteiger partial charge is 1.00 e. The maximum Gasteiger partial charge on any atom is 0 e. The van der Waals surface area contributed by atoms with Crippen molar-refractivity contribution in [3.05, 3.63) is 64.2 Å². The molecule has 0 spiro atoms. The Morgan fingerprint density at radius 1 is 0.308 bits per heavy atom. The summed E-state index contributed by atoms with van der Waals surface area (Å²) in [5, 5.41) is 0. The summed E-state index contributed by atoms with van der Waals surface area (Å²) in [6.07, 6.45) is 20.0. The Hall–Kier alpha value is 1.16. The van der Waals surface area contributed by atoms with E-state index in [1.807, 2.05) is 64.2 Å². The third kappa shape index (κ3) is 13.2. The third-order valence-electron chi connectivity index (χ3n) is 1.11. The van der Waals surface area contributed by atoms with Crippen molar-refractivity contribution in [1.82, 2.24) is 0 Å². The van der Waals surface area contributed by atoms with Crippen LogP contribution in [0.5, 0.6) is 0 Å². The van der Waals surface area contributed by atoms with Gasteiger partial charge in [0.1, 0.15) is 0 Å². The molecule has 71 valence electrons. The first-order valence-corrected chi connectivity index (χ1v) is 3.33. The zero-order valence-electron chi connectivity index (χ0n) is 6.98. The first-order valence-electron chi connectivity index (χ1n) is 3.33. The molecule has 2 rings (SSSR count). The van der Waals surface area contributed by atoms with Crippen LogP contribution in [0.25, 0.3) is 0 Å². The van der Waals surface area contributed by atoms with Crippen molar-refractivity contribution in [2.24, 2.45) is 0 Å². The molecule has 2 aliphatic carbocycles. The van der Waals surface area contributed by atoms with Crippen LogP contribution in [0.2, 0.25) is 0 Å². The fourth-order valence-corrected chi connectivity index (χ4v) is 0.642. The molecule has 2 aliphatic rings. The SMILES string of the molecule is [CH]1[CH][CH][CH][CH]1.[CH]1[CH][CH][CH][CH]1.[Cl-].[Cl-].[V]. The van der Waals surface area contributed by atoms with Crippen molar-refractivity contribution in [2.75, 3.05) is 0 Å². The summed E-state index contributed by atoms with van der Waals surface area (Å²) in [4.78, 5) is 0. The molecule has 3 heteroatoms. The molecule has 0 nitrogen and oxygen atoms in total. The van der Waals surface area contributed by atoms with Gasteiger partial charge in [-0.3, -0.25) is 0 Å². The Kier molecular flexibility index (Phi) is 23.7. The van der Waals surface area contributed by atoms with Crippen molar-refractivity contribution in [3.8, 4) is 0 Å². The first-order chi connectivity index (χ1) is 5.00. The van der Waals surface area contributed by atoms with Crippen molar-refractivity contribution >= 4 is 0 Å². The van der Waals surface area contributed by atoms with Gasteiger partial charge >= 0.3 is 0 Å². The first kappa shape index (κ1) is 19.7. The predicted octanol–water partition coefficient (Wildman–Crippen LogP) is -3.95. The van der Waals surface area contributed by atoms with Gasteiger partial charge in [0, 0.05) is 18.6 Å². The molecule has 0 amide bonds. The number of hydrogen-bond donors (Lipinski definition) is 0. The molecule has 0 atom stereocenters. The van der Waals surface area contributed by atoms with Crippen LogP contribution in [-0.4, -0.2) is 0 Å². The smallest absolute Gasteiger partial charge is 0 e. The Morgan fingerprint density at radius 2 is 0.385 bits per heavy atom. The van der Waals surface area contributed by atoms with E-state index in [4.69, 9.17) is 0 Å². The molecule has 11 radical (unpaired) electrons. The molecule has 2 fully saturated rings. The topological polar surface area (TPSA) is 0 Å². The van der Waals surface area contributed by atoms with E-state index in [1.54, 1.807) is 0 Å². The van der Waals surface area contributed by atoms with Gasteiger partial charge in [0.2, 0.25) is 0 Å². The summed E-state index contributed by atoms with van der Waals surface area (Å²) in [5.74, 6) is 0. The molecular formula is C10H10Cl2V-2. The number of rotatable bonds is 0. The Morgan fingerprint density at radius 3 is 0.462 bits per heavy atom. The summed E-state index contributed by atoms with van der Waals surface area (Å²) >= 11 is 0. The van der Waals surface area contributed by atoms with E-state index in [1.165, 1.54) is 0 Å². The minimum Gasteiger partial charge on any atom is -1.00 e. The van der Waals surface area contributed by atoms with Crippen molar-refractivity contribution in [3.63, 3.8) is 0 Å². The summed E-state index contributed by atoms with van der Waals surface area (Å²) < 4.78 is 0. The Bertz CT molecular complexity index is 46.1. The summed E-state index contributed by atoms with van der Waals surface area (Å²) in [7, 11) is 0. The molecule has 0 bridgehead atoms. The van der Waals surface area contributed by atoms with Gasteiger partial charge in [0.25, 0.3) is 0 Å². The molecule has 0 aromatic carbocycles. The van der Waals surface area contributed by atoms with Crippen LogP contribution in [0.15, 0.2) is 0 Å². The van der Waals surface area contributed by atoms with Crippen LogP contribution >= 0.6 is 0 Å². The normalized spacial score (nSPS) is 18.5. The van der Waals surface area contributed by atoms with Crippen LogP contribution < -0.4 is 24.8 Å². The van der Waals surface area contributed by atoms with Gasteiger partial charge in [-0.25, -0.2) is 0 Å². The fraction of sp³-hybridized carbons (Fsp3) is 0. The second kappa shape index (κ2) is 15.6. The number of halogens is 2. The molecular weight excluding hydrogens is 242 g/mol. The monoisotopic (exact) mass is 251 g/mol. The van der Waals surface area contributed by atoms with E-state index < -0.39 is 0 Å². The third-order valence-corrected chi connectivity index (χ3v) is 1.11. The standard InChI is InChI=1S/2C5H5.2ClH.V/c2*1-2-4-5-3-1;;;/h2*1-5H;2*1H;/p-2. The Labute approximate surface area is 107 Å². The number of hydrogen-bond acceptors (Lipinski definition) is 0. The van der Waals surface area contributed by atoms with E-state index in [9.17, 15) is 0 Å². The molecule has 13 heavy (non-hydrogen) atoms. The Balaban J connectivity index is -0.000000125. The molecule has 0 aromatic heterocycles. The van der Waals surface area contributed by atoms with Crippen LogP contribution in [-0.2, 0) is 18.6 Å². The van der Waals surface area contributed by atoms with Crippen molar-refractivity contribution in [2.45, 2.75) is 0 Å². The van der Waals surface area contributed by atoms with E-state index >= 15 is 0 Å². The van der Waals surface area contributed by atoms with Crippen molar-refractivity contribution in [1.29, 1.82) is 0 Å². The van der Waals surface area contributed by atoms with E-state index in [0.717, 1.165) is 0 Å². The van der Waals surface area contributed by atoms with Gasteiger partial charge in [0.15, 0.2) is 0 Å². The average molecular weight is 252 g/mol. The van der Waals surface area contributed by atoms with Crippen LogP contribution in [0.4, 0.5) is 0 Å². The molecule has 0 unspecified atom stereocenters. The quantitative estimate of drug-likeness (QED) is 0.413.